The number of hydrogen-bond acceptors (Lipinski definition) is 5. The van der Waals surface area contributed by atoms with E-state index in [9.17, 15) is 13.2 Å². The summed E-state index contributed by atoms with van der Waals surface area (Å²) in [5.41, 5.74) is 7.37. The standard InChI is InChI=1S/C21H16ClF3N4O/c22-18-11-16-17(12-27-18)28-19(15-9-5-2-6-10-15)29(21(23,24)25)20(16,26)30-13-14-7-3-1-4-8-14/h1-12H,13,26H2. The summed E-state index contributed by atoms with van der Waals surface area (Å²) in [5.74, 6) is -2.81. The Morgan fingerprint density at radius 3 is 2.30 bits per heavy atom. The molecule has 3 aromatic rings. The monoisotopic (exact) mass is 432 g/mol. The van der Waals surface area contributed by atoms with Crippen LogP contribution in [0.2, 0.25) is 5.15 Å². The van der Waals surface area contributed by atoms with E-state index in [1.807, 2.05) is 0 Å². The number of alkyl halides is 3. The van der Waals surface area contributed by atoms with Crippen LogP contribution < -0.4 is 5.73 Å². The van der Waals surface area contributed by atoms with Crippen molar-refractivity contribution < 1.29 is 17.9 Å². The van der Waals surface area contributed by atoms with Gasteiger partial charge in [0, 0.05) is 5.56 Å². The third-order valence-corrected chi connectivity index (χ3v) is 4.80. The summed E-state index contributed by atoms with van der Waals surface area (Å²) < 4.78 is 48.7. The minimum atomic E-state index is -4.90. The smallest absolute Gasteiger partial charge is 0.334 e. The van der Waals surface area contributed by atoms with E-state index in [2.05, 4.69) is 9.98 Å². The number of nitrogens with zero attached hydrogens (tertiary/aromatic N) is 3. The molecule has 5 nitrogen and oxygen atoms in total. The lowest BCUT2D eigenvalue weighted by Crippen LogP contribution is -2.64. The van der Waals surface area contributed by atoms with Crippen LogP contribution in [0.25, 0.3) is 0 Å². The number of hydrogen-bond donors (Lipinski definition) is 1. The Kier molecular flexibility index (Phi) is 5.23. The molecule has 1 unspecified atom stereocenters. The summed E-state index contributed by atoms with van der Waals surface area (Å²) in [6.45, 7) is -0.161. The lowest BCUT2D eigenvalue weighted by Gasteiger charge is -2.45. The Balaban J connectivity index is 1.89. The zero-order chi connectivity index (χ0) is 21.4. The van der Waals surface area contributed by atoms with Gasteiger partial charge in [0.1, 0.15) is 11.0 Å². The third-order valence-electron chi connectivity index (χ3n) is 4.59. The SMILES string of the molecule is NC1(OCc2ccccc2)c2cc(Cl)ncc2N=C(c2ccccc2)N1C(F)(F)F. The number of rotatable bonds is 4. The summed E-state index contributed by atoms with van der Waals surface area (Å²) in [5, 5.41) is -0.0210. The zero-order valence-electron chi connectivity index (χ0n) is 15.5. The molecular formula is C21H16ClF3N4O. The maximum atomic E-state index is 14.3. The summed E-state index contributed by atoms with van der Waals surface area (Å²) in [6, 6.07) is 18.0. The molecule has 1 aliphatic rings. The minimum absolute atomic E-state index is 0.0210. The van der Waals surface area contributed by atoms with Crippen molar-refractivity contribution in [3.05, 3.63) is 94.8 Å². The highest BCUT2D eigenvalue weighted by molar-refractivity contribution is 6.29. The first-order valence-corrected chi connectivity index (χ1v) is 9.31. The molecule has 1 aromatic heterocycles. The zero-order valence-corrected chi connectivity index (χ0v) is 16.2. The summed E-state index contributed by atoms with van der Waals surface area (Å²) >= 11 is 5.97. The second kappa shape index (κ2) is 7.71. The topological polar surface area (TPSA) is 63.7 Å². The average molecular weight is 433 g/mol. The largest absolute Gasteiger partial charge is 0.489 e. The highest BCUT2D eigenvalue weighted by Crippen LogP contribution is 2.44. The number of halogens is 4. The molecule has 30 heavy (non-hydrogen) atoms. The van der Waals surface area contributed by atoms with Crippen LogP contribution in [0.15, 0.2) is 77.9 Å². The van der Waals surface area contributed by atoms with E-state index in [1.165, 1.54) is 24.4 Å². The molecule has 9 heteroatoms. The van der Waals surface area contributed by atoms with E-state index in [0.29, 0.717) is 5.56 Å². The number of aliphatic imine (C=N–C) groups is 1. The van der Waals surface area contributed by atoms with Crippen LogP contribution in [-0.2, 0) is 17.2 Å². The van der Waals surface area contributed by atoms with E-state index in [-0.39, 0.29) is 33.5 Å². The van der Waals surface area contributed by atoms with Crippen molar-refractivity contribution in [1.29, 1.82) is 0 Å². The van der Waals surface area contributed by atoms with Crippen LogP contribution in [0.4, 0.5) is 18.9 Å². The molecule has 0 bridgehead atoms. The quantitative estimate of drug-likeness (QED) is 0.360. The van der Waals surface area contributed by atoms with Gasteiger partial charge in [-0.15, -0.1) is 13.2 Å². The van der Waals surface area contributed by atoms with Crippen LogP contribution in [0.5, 0.6) is 0 Å². The van der Waals surface area contributed by atoms with Crippen molar-refractivity contribution in [1.82, 2.24) is 9.88 Å². The molecule has 2 N–H and O–H groups in total. The molecule has 0 saturated heterocycles. The molecule has 0 amide bonds. The molecule has 0 spiro atoms. The van der Waals surface area contributed by atoms with Crippen molar-refractivity contribution in [2.24, 2.45) is 10.7 Å². The van der Waals surface area contributed by atoms with E-state index < -0.39 is 18.0 Å². The van der Waals surface area contributed by atoms with Gasteiger partial charge in [-0.05, 0) is 11.6 Å². The van der Waals surface area contributed by atoms with Crippen molar-refractivity contribution in [2.75, 3.05) is 0 Å². The number of ether oxygens (including phenoxy) is 1. The highest BCUT2D eigenvalue weighted by atomic mass is 35.5. The summed E-state index contributed by atoms with van der Waals surface area (Å²) in [4.78, 5) is 8.16. The van der Waals surface area contributed by atoms with Crippen LogP contribution in [0, 0.1) is 0 Å². The van der Waals surface area contributed by atoms with E-state index in [0.717, 1.165) is 0 Å². The fourth-order valence-corrected chi connectivity index (χ4v) is 3.40. The second-order valence-electron chi connectivity index (χ2n) is 6.60. The fraction of sp³-hybridized carbons (Fsp3) is 0.143. The molecular weight excluding hydrogens is 417 g/mol. The number of nitrogens with two attached hydrogens (primary N) is 1. The molecule has 154 valence electrons. The lowest BCUT2D eigenvalue weighted by molar-refractivity contribution is -0.304. The Morgan fingerprint density at radius 2 is 1.67 bits per heavy atom. The van der Waals surface area contributed by atoms with Crippen molar-refractivity contribution in [2.45, 2.75) is 18.8 Å². The molecule has 0 fully saturated rings. The number of amidine groups is 1. The number of benzene rings is 2. The Morgan fingerprint density at radius 1 is 1.03 bits per heavy atom. The molecule has 0 aliphatic carbocycles. The molecule has 2 aromatic carbocycles. The maximum Gasteiger partial charge on any atom is 0.489 e. The van der Waals surface area contributed by atoms with Crippen LogP contribution in [0.3, 0.4) is 0 Å². The lowest BCUT2D eigenvalue weighted by atomic mass is 10.0. The predicted molar refractivity (Wildman–Crippen MR) is 107 cm³/mol. The van der Waals surface area contributed by atoms with E-state index >= 15 is 0 Å². The first-order chi connectivity index (χ1) is 14.3. The molecule has 1 aliphatic heterocycles. The Labute approximate surface area is 175 Å². The first-order valence-electron chi connectivity index (χ1n) is 8.93. The number of pyridine rings is 1. The van der Waals surface area contributed by atoms with Gasteiger partial charge < -0.3 is 4.74 Å². The normalized spacial score (nSPS) is 18.7. The van der Waals surface area contributed by atoms with Crippen molar-refractivity contribution in [3.63, 3.8) is 0 Å². The minimum Gasteiger partial charge on any atom is -0.334 e. The van der Waals surface area contributed by atoms with E-state index in [4.69, 9.17) is 22.1 Å². The number of aromatic nitrogens is 1. The first kappa shape index (κ1) is 20.3. The third kappa shape index (κ3) is 3.77. The van der Waals surface area contributed by atoms with Gasteiger partial charge in [-0.2, -0.15) is 0 Å². The van der Waals surface area contributed by atoms with Gasteiger partial charge in [-0.3, -0.25) is 5.73 Å². The van der Waals surface area contributed by atoms with Gasteiger partial charge in [0.05, 0.1) is 24.1 Å². The summed E-state index contributed by atoms with van der Waals surface area (Å²) in [6.07, 6.45) is -3.62. The van der Waals surface area contributed by atoms with Crippen LogP contribution in [-0.4, -0.2) is 22.0 Å². The predicted octanol–water partition coefficient (Wildman–Crippen LogP) is 4.93. The van der Waals surface area contributed by atoms with Crippen molar-refractivity contribution in [3.8, 4) is 0 Å². The van der Waals surface area contributed by atoms with Gasteiger partial charge in [0.25, 0.3) is 0 Å². The molecule has 1 atom stereocenters. The van der Waals surface area contributed by atoms with Crippen LogP contribution >= 0.6 is 11.6 Å². The van der Waals surface area contributed by atoms with Gasteiger partial charge in [-0.25, -0.2) is 14.9 Å². The van der Waals surface area contributed by atoms with Crippen molar-refractivity contribution >= 4 is 23.1 Å². The van der Waals surface area contributed by atoms with E-state index in [1.54, 1.807) is 48.5 Å². The van der Waals surface area contributed by atoms with Gasteiger partial charge in [-0.1, -0.05) is 72.3 Å². The molecule has 4 rings (SSSR count). The molecule has 0 saturated carbocycles. The van der Waals surface area contributed by atoms with Gasteiger partial charge in [0.15, 0.2) is 0 Å². The molecule has 0 radical (unpaired) electrons. The summed E-state index contributed by atoms with van der Waals surface area (Å²) in [7, 11) is 0. The Bertz CT molecular complexity index is 1080. The average Bonchev–Trinajstić information content (AvgIpc) is 2.73. The highest BCUT2D eigenvalue weighted by Gasteiger charge is 2.56. The maximum absolute atomic E-state index is 14.3. The van der Waals surface area contributed by atoms with Gasteiger partial charge in [0.2, 0.25) is 5.85 Å². The van der Waals surface area contributed by atoms with Gasteiger partial charge >= 0.3 is 6.30 Å². The Hall–Kier alpha value is -2.94. The van der Waals surface area contributed by atoms with Crippen LogP contribution in [0.1, 0.15) is 16.7 Å². The number of fused-ring (bicyclic) bond motifs is 1. The molecule has 2 heterocycles. The fourth-order valence-electron chi connectivity index (χ4n) is 3.24. The second-order valence-corrected chi connectivity index (χ2v) is 6.99.